The molecule has 1 aliphatic heterocycles. The maximum Gasteiger partial charge on any atom is 0.0376 e. The van der Waals surface area contributed by atoms with E-state index in [0.717, 1.165) is 19.6 Å². The maximum absolute atomic E-state index is 3.58. The topological polar surface area (TPSA) is 18.5 Å². The van der Waals surface area contributed by atoms with Crippen molar-refractivity contribution < 1.29 is 0 Å². The highest BCUT2D eigenvalue weighted by Gasteiger charge is 2.15. The lowest BCUT2D eigenvalue weighted by Crippen LogP contribution is -2.32. The maximum atomic E-state index is 3.58. The molecule has 1 aromatic carbocycles. The second kappa shape index (κ2) is 6.98. The monoisotopic (exact) mass is 275 g/mol. The van der Waals surface area contributed by atoms with Gasteiger partial charge in [0, 0.05) is 37.1 Å². The van der Waals surface area contributed by atoms with Gasteiger partial charge in [0.1, 0.15) is 0 Å². The van der Waals surface area contributed by atoms with Crippen molar-refractivity contribution in [2.45, 2.75) is 39.2 Å². The number of hydrogen-bond acceptors (Lipinski definition) is 3. The van der Waals surface area contributed by atoms with E-state index in [0.29, 0.717) is 6.04 Å². The molecule has 0 saturated carbocycles. The minimum absolute atomic E-state index is 0.605. The number of nitrogens with zero attached hydrogens (tertiary/aromatic N) is 2. The van der Waals surface area contributed by atoms with Crippen LogP contribution in [0.5, 0.6) is 0 Å². The van der Waals surface area contributed by atoms with Crippen molar-refractivity contribution in [3.63, 3.8) is 0 Å². The summed E-state index contributed by atoms with van der Waals surface area (Å²) in [6, 6.07) is 7.53. The molecule has 1 heterocycles. The highest BCUT2D eigenvalue weighted by Crippen LogP contribution is 2.29. The average Bonchev–Trinajstić information content (AvgIpc) is 2.42. The Morgan fingerprint density at radius 2 is 2.00 bits per heavy atom. The summed E-state index contributed by atoms with van der Waals surface area (Å²) in [6.07, 6.45) is 3.63. The van der Waals surface area contributed by atoms with Gasteiger partial charge in [-0.1, -0.05) is 6.92 Å². The Hall–Kier alpha value is -1.22. The molecule has 0 aliphatic carbocycles. The molecule has 20 heavy (non-hydrogen) atoms. The number of aryl methyl sites for hydroxylation is 1. The van der Waals surface area contributed by atoms with Crippen LogP contribution in [0.2, 0.25) is 0 Å². The minimum Gasteiger partial charge on any atom is -0.382 e. The molecular weight excluding hydrogens is 246 g/mol. The molecule has 1 unspecified atom stereocenters. The molecule has 1 aliphatic rings. The zero-order valence-corrected chi connectivity index (χ0v) is 13.4. The molecular formula is C17H29N3. The van der Waals surface area contributed by atoms with Crippen molar-refractivity contribution in [1.29, 1.82) is 0 Å². The number of nitrogens with one attached hydrogen (secondary N) is 1. The third-order valence-corrected chi connectivity index (χ3v) is 4.01. The first-order valence-corrected chi connectivity index (χ1v) is 7.89. The number of likely N-dealkylation sites (N-methyl/N-ethyl adjacent to an activating group) is 1. The van der Waals surface area contributed by atoms with E-state index in [9.17, 15) is 0 Å². The van der Waals surface area contributed by atoms with Crippen LogP contribution >= 0.6 is 0 Å². The first kappa shape index (κ1) is 15.2. The summed E-state index contributed by atoms with van der Waals surface area (Å²) < 4.78 is 0. The summed E-state index contributed by atoms with van der Waals surface area (Å²) in [6.45, 7) is 7.86. The Bertz CT molecular complexity index is 428. The molecule has 1 atom stereocenters. The zero-order valence-electron chi connectivity index (χ0n) is 13.4. The molecule has 2 rings (SSSR count). The molecule has 112 valence electrons. The van der Waals surface area contributed by atoms with Crippen LogP contribution in [0.15, 0.2) is 18.2 Å². The molecule has 0 bridgehead atoms. The number of fused-ring (bicyclic) bond motifs is 1. The number of hydrogen-bond donors (Lipinski definition) is 1. The molecule has 3 heteroatoms. The first-order chi connectivity index (χ1) is 9.60. The largest absolute Gasteiger partial charge is 0.382 e. The zero-order chi connectivity index (χ0) is 14.5. The molecule has 0 aromatic heterocycles. The molecule has 0 radical (unpaired) electrons. The molecule has 1 aromatic rings. The molecule has 0 spiro atoms. The quantitative estimate of drug-likeness (QED) is 0.860. The Labute approximate surface area is 124 Å². The standard InChI is InChI=1S/C17H29N3/c1-5-10-20(12-11-19(3)4)16-8-9-17-15(13-16)7-6-14(2)18-17/h8-9,13-14,18H,5-7,10-12H2,1-4H3. The number of rotatable bonds is 6. The van der Waals surface area contributed by atoms with E-state index in [4.69, 9.17) is 0 Å². The van der Waals surface area contributed by atoms with Crippen molar-refractivity contribution >= 4 is 11.4 Å². The van der Waals surface area contributed by atoms with E-state index in [-0.39, 0.29) is 0 Å². The van der Waals surface area contributed by atoms with Crippen LogP contribution < -0.4 is 10.2 Å². The second-order valence-corrected chi connectivity index (χ2v) is 6.22. The van der Waals surface area contributed by atoms with E-state index in [1.54, 1.807) is 0 Å². The first-order valence-electron chi connectivity index (χ1n) is 7.89. The van der Waals surface area contributed by atoms with Crippen molar-refractivity contribution in [1.82, 2.24) is 4.90 Å². The Kier molecular flexibility index (Phi) is 5.30. The van der Waals surface area contributed by atoms with Crippen molar-refractivity contribution in [2.75, 3.05) is 43.9 Å². The van der Waals surface area contributed by atoms with Crippen molar-refractivity contribution in [3.8, 4) is 0 Å². The van der Waals surface area contributed by atoms with Gasteiger partial charge in [0.2, 0.25) is 0 Å². The second-order valence-electron chi connectivity index (χ2n) is 6.22. The Morgan fingerprint density at radius 3 is 2.70 bits per heavy atom. The van der Waals surface area contributed by atoms with Crippen LogP contribution in [-0.2, 0) is 6.42 Å². The van der Waals surface area contributed by atoms with Crippen LogP contribution in [0.4, 0.5) is 11.4 Å². The molecule has 0 fully saturated rings. The molecule has 1 N–H and O–H groups in total. The van der Waals surface area contributed by atoms with E-state index < -0.39 is 0 Å². The van der Waals surface area contributed by atoms with Crippen LogP contribution in [0.1, 0.15) is 32.3 Å². The van der Waals surface area contributed by atoms with Crippen LogP contribution in [0.3, 0.4) is 0 Å². The lowest BCUT2D eigenvalue weighted by molar-refractivity contribution is 0.413. The van der Waals surface area contributed by atoms with Crippen LogP contribution in [0.25, 0.3) is 0 Å². The molecule has 0 saturated heterocycles. The van der Waals surface area contributed by atoms with Gasteiger partial charge in [0.15, 0.2) is 0 Å². The number of benzene rings is 1. The van der Waals surface area contributed by atoms with Gasteiger partial charge in [-0.25, -0.2) is 0 Å². The SMILES string of the molecule is CCCN(CCN(C)C)c1ccc2c(c1)CCC(C)N2. The molecule has 3 nitrogen and oxygen atoms in total. The lowest BCUT2D eigenvalue weighted by Gasteiger charge is -2.29. The summed E-state index contributed by atoms with van der Waals surface area (Å²) in [5.41, 5.74) is 4.19. The van der Waals surface area contributed by atoms with Crippen LogP contribution in [0, 0.1) is 0 Å². The van der Waals surface area contributed by atoms with Crippen molar-refractivity contribution in [3.05, 3.63) is 23.8 Å². The predicted octanol–water partition coefficient (Wildman–Crippen LogP) is 3.21. The average molecular weight is 275 g/mol. The summed E-state index contributed by atoms with van der Waals surface area (Å²) in [5.74, 6) is 0. The fourth-order valence-corrected chi connectivity index (χ4v) is 2.79. The Balaban J connectivity index is 2.12. The summed E-state index contributed by atoms with van der Waals surface area (Å²) in [5, 5.41) is 3.58. The van der Waals surface area contributed by atoms with E-state index in [1.807, 2.05) is 0 Å². The minimum atomic E-state index is 0.605. The highest BCUT2D eigenvalue weighted by molar-refractivity contribution is 5.62. The van der Waals surface area contributed by atoms with E-state index in [2.05, 4.69) is 61.3 Å². The third-order valence-electron chi connectivity index (χ3n) is 4.01. The summed E-state index contributed by atoms with van der Waals surface area (Å²) in [7, 11) is 4.28. The highest BCUT2D eigenvalue weighted by atomic mass is 15.2. The van der Waals surface area contributed by atoms with E-state index in [1.165, 1.54) is 36.2 Å². The molecule has 0 amide bonds. The van der Waals surface area contributed by atoms with Gasteiger partial charge in [-0.05, 0) is 64.0 Å². The Morgan fingerprint density at radius 1 is 1.20 bits per heavy atom. The van der Waals surface area contributed by atoms with Gasteiger partial charge < -0.3 is 15.1 Å². The van der Waals surface area contributed by atoms with Gasteiger partial charge in [-0.15, -0.1) is 0 Å². The van der Waals surface area contributed by atoms with E-state index >= 15 is 0 Å². The van der Waals surface area contributed by atoms with Gasteiger partial charge in [0.05, 0.1) is 0 Å². The fraction of sp³-hybridized carbons (Fsp3) is 0.647. The smallest absolute Gasteiger partial charge is 0.0376 e. The van der Waals surface area contributed by atoms with Gasteiger partial charge in [0.25, 0.3) is 0 Å². The van der Waals surface area contributed by atoms with Crippen molar-refractivity contribution in [2.24, 2.45) is 0 Å². The van der Waals surface area contributed by atoms with Gasteiger partial charge in [-0.2, -0.15) is 0 Å². The normalized spacial score (nSPS) is 17.8. The van der Waals surface area contributed by atoms with Gasteiger partial charge >= 0.3 is 0 Å². The number of anilines is 2. The third kappa shape index (κ3) is 3.89. The summed E-state index contributed by atoms with van der Waals surface area (Å²) >= 11 is 0. The predicted molar refractivity (Wildman–Crippen MR) is 88.9 cm³/mol. The fourth-order valence-electron chi connectivity index (χ4n) is 2.79. The van der Waals surface area contributed by atoms with Crippen LogP contribution in [-0.4, -0.2) is 44.7 Å². The lowest BCUT2D eigenvalue weighted by atomic mass is 9.98. The summed E-state index contributed by atoms with van der Waals surface area (Å²) in [4.78, 5) is 4.77. The van der Waals surface area contributed by atoms with Gasteiger partial charge in [-0.3, -0.25) is 0 Å².